The van der Waals surface area contributed by atoms with Gasteiger partial charge in [-0.25, -0.2) is 0 Å². The fourth-order valence-electron chi connectivity index (χ4n) is 1.88. The number of oxime groups is 1. The molecule has 2 rings (SSSR count). The third-order valence-corrected chi connectivity index (χ3v) is 3.05. The number of benzene rings is 1. The Balaban J connectivity index is 1.87. The molecule has 1 amide bonds. The van der Waals surface area contributed by atoms with E-state index >= 15 is 0 Å². The van der Waals surface area contributed by atoms with Crippen molar-refractivity contribution in [2.75, 3.05) is 19.0 Å². The number of nitrogens with one attached hydrogen (secondary N) is 1. The molecule has 1 aromatic carbocycles. The molecule has 8 nitrogen and oxygen atoms in total. The van der Waals surface area contributed by atoms with Crippen molar-refractivity contribution in [2.24, 2.45) is 5.16 Å². The Morgan fingerprint density at radius 1 is 1.29 bits per heavy atom. The number of rotatable bonds is 8. The van der Waals surface area contributed by atoms with E-state index in [9.17, 15) is 4.79 Å². The molecule has 0 saturated carbocycles. The van der Waals surface area contributed by atoms with Crippen LogP contribution in [0.5, 0.6) is 0 Å². The van der Waals surface area contributed by atoms with Crippen LogP contribution in [-0.2, 0) is 27.4 Å². The average Bonchev–Trinajstić information content (AvgIpc) is 3.00. The van der Waals surface area contributed by atoms with Crippen LogP contribution < -0.4 is 5.32 Å². The zero-order chi connectivity index (χ0) is 17.4. The van der Waals surface area contributed by atoms with Crippen molar-refractivity contribution in [1.82, 2.24) is 10.1 Å². The molecule has 0 radical (unpaired) electrons. The van der Waals surface area contributed by atoms with Crippen molar-refractivity contribution in [1.29, 1.82) is 0 Å². The van der Waals surface area contributed by atoms with Gasteiger partial charge in [0.05, 0.1) is 12.3 Å². The molecule has 0 aliphatic heterocycles. The number of anilines is 1. The van der Waals surface area contributed by atoms with Crippen molar-refractivity contribution in [2.45, 2.75) is 26.9 Å². The number of nitrogens with zero attached hydrogens (tertiary/aromatic N) is 3. The van der Waals surface area contributed by atoms with E-state index in [4.69, 9.17) is 14.1 Å². The summed E-state index contributed by atoms with van der Waals surface area (Å²) in [5, 5.41) is 10.5. The van der Waals surface area contributed by atoms with E-state index in [1.54, 1.807) is 19.2 Å². The zero-order valence-electron chi connectivity index (χ0n) is 13.9. The molecule has 0 aliphatic rings. The topological polar surface area (TPSA) is 98.8 Å². The highest BCUT2D eigenvalue weighted by Gasteiger charge is 2.06. The van der Waals surface area contributed by atoms with Crippen molar-refractivity contribution in [3.63, 3.8) is 0 Å². The molecule has 0 fully saturated rings. The maximum absolute atomic E-state index is 11.0. The lowest BCUT2D eigenvalue weighted by molar-refractivity contribution is -0.114. The highest BCUT2D eigenvalue weighted by Crippen LogP contribution is 2.11. The average molecular weight is 332 g/mol. The summed E-state index contributed by atoms with van der Waals surface area (Å²) in [5.74, 6) is 0.823. The highest BCUT2D eigenvalue weighted by molar-refractivity contribution is 5.99. The lowest BCUT2D eigenvalue weighted by Gasteiger charge is -2.04. The standard InChI is InChI=1S/C16H20N4O4/c1-11(13-4-6-14(7-5-13)17-12(2)21)19-23-10-16-18-15(20-24-16)8-9-22-3/h4-7H,8-10H2,1-3H3,(H,17,21). The second-order valence-electron chi connectivity index (χ2n) is 5.06. The van der Waals surface area contributed by atoms with Crippen LogP contribution >= 0.6 is 0 Å². The number of carbonyl (C=O) groups is 1. The van der Waals surface area contributed by atoms with Crippen LogP contribution in [0.15, 0.2) is 33.9 Å². The van der Waals surface area contributed by atoms with Crippen LogP contribution in [0, 0.1) is 0 Å². The van der Waals surface area contributed by atoms with E-state index in [1.807, 2.05) is 19.1 Å². The summed E-state index contributed by atoms with van der Waals surface area (Å²) in [5.41, 5.74) is 2.31. The van der Waals surface area contributed by atoms with Crippen molar-refractivity contribution in [3.05, 3.63) is 41.5 Å². The quantitative estimate of drug-likeness (QED) is 0.587. The number of hydrogen-bond acceptors (Lipinski definition) is 7. The van der Waals surface area contributed by atoms with Gasteiger partial charge in [-0.2, -0.15) is 4.98 Å². The highest BCUT2D eigenvalue weighted by atomic mass is 16.6. The molecular weight excluding hydrogens is 312 g/mol. The van der Waals surface area contributed by atoms with Gasteiger partial charge in [0.1, 0.15) is 0 Å². The molecule has 8 heteroatoms. The first kappa shape index (κ1) is 17.6. The molecule has 1 aromatic heterocycles. The maximum atomic E-state index is 11.0. The van der Waals surface area contributed by atoms with Gasteiger partial charge in [-0.05, 0) is 24.6 Å². The zero-order valence-corrected chi connectivity index (χ0v) is 13.9. The van der Waals surface area contributed by atoms with Crippen molar-refractivity contribution in [3.8, 4) is 0 Å². The van der Waals surface area contributed by atoms with E-state index in [0.717, 1.165) is 11.3 Å². The van der Waals surface area contributed by atoms with Crippen molar-refractivity contribution >= 4 is 17.3 Å². The minimum absolute atomic E-state index is 0.0985. The molecule has 0 spiro atoms. The monoisotopic (exact) mass is 332 g/mol. The lowest BCUT2D eigenvalue weighted by atomic mass is 10.1. The van der Waals surface area contributed by atoms with Gasteiger partial charge in [0.25, 0.3) is 5.89 Å². The SMILES string of the molecule is COCCc1noc(CON=C(C)c2ccc(NC(C)=O)cc2)n1. The smallest absolute Gasteiger partial charge is 0.267 e. The Hall–Kier alpha value is -2.74. The third kappa shape index (κ3) is 5.47. The minimum Gasteiger partial charge on any atom is -0.385 e. The predicted molar refractivity (Wildman–Crippen MR) is 87.6 cm³/mol. The summed E-state index contributed by atoms with van der Waals surface area (Å²) in [6.07, 6.45) is 0.586. The Morgan fingerprint density at radius 3 is 2.71 bits per heavy atom. The predicted octanol–water partition coefficient (Wildman–Crippen LogP) is 2.16. The number of amides is 1. The molecule has 0 atom stereocenters. The molecule has 0 saturated heterocycles. The Kier molecular flexibility index (Phi) is 6.44. The van der Waals surface area contributed by atoms with Gasteiger partial charge in [-0.1, -0.05) is 22.4 Å². The summed E-state index contributed by atoms with van der Waals surface area (Å²) in [7, 11) is 1.62. The Morgan fingerprint density at radius 2 is 2.04 bits per heavy atom. The van der Waals surface area contributed by atoms with Gasteiger partial charge in [0.2, 0.25) is 5.91 Å². The van der Waals surface area contributed by atoms with Crippen LogP contribution in [0.2, 0.25) is 0 Å². The van der Waals surface area contributed by atoms with E-state index in [-0.39, 0.29) is 12.5 Å². The Labute approximate surface area is 139 Å². The second kappa shape index (κ2) is 8.78. The van der Waals surface area contributed by atoms with E-state index in [0.29, 0.717) is 30.5 Å². The van der Waals surface area contributed by atoms with Crippen LogP contribution in [-0.4, -0.2) is 35.5 Å². The minimum atomic E-state index is -0.110. The van der Waals surface area contributed by atoms with Gasteiger partial charge in [-0.3, -0.25) is 4.79 Å². The number of methoxy groups -OCH3 is 1. The summed E-state index contributed by atoms with van der Waals surface area (Å²) in [6, 6.07) is 7.30. The molecule has 0 unspecified atom stereocenters. The van der Waals surface area contributed by atoms with Gasteiger partial charge in [0, 0.05) is 26.1 Å². The largest absolute Gasteiger partial charge is 0.385 e. The third-order valence-electron chi connectivity index (χ3n) is 3.05. The summed E-state index contributed by atoms with van der Waals surface area (Å²) < 4.78 is 10.00. The lowest BCUT2D eigenvalue weighted by Crippen LogP contribution is -2.06. The molecule has 1 heterocycles. The van der Waals surface area contributed by atoms with Crippen LogP contribution in [0.1, 0.15) is 31.1 Å². The first-order valence-corrected chi connectivity index (χ1v) is 7.43. The molecule has 0 bridgehead atoms. The van der Waals surface area contributed by atoms with Crippen LogP contribution in [0.25, 0.3) is 0 Å². The van der Waals surface area contributed by atoms with E-state index in [2.05, 4.69) is 20.6 Å². The van der Waals surface area contributed by atoms with Crippen molar-refractivity contribution < 1.29 is 18.9 Å². The molecule has 2 aromatic rings. The molecule has 128 valence electrons. The summed E-state index contributed by atoms with van der Waals surface area (Å²) in [6.45, 7) is 3.92. The summed E-state index contributed by atoms with van der Waals surface area (Å²) in [4.78, 5) is 20.4. The maximum Gasteiger partial charge on any atom is 0.267 e. The number of aromatic nitrogens is 2. The van der Waals surface area contributed by atoms with Gasteiger partial charge in [-0.15, -0.1) is 0 Å². The van der Waals surface area contributed by atoms with Gasteiger partial charge in [0.15, 0.2) is 12.4 Å². The normalized spacial score (nSPS) is 11.4. The molecule has 1 N–H and O–H groups in total. The van der Waals surface area contributed by atoms with E-state index in [1.165, 1.54) is 6.92 Å². The number of hydrogen-bond donors (Lipinski definition) is 1. The molecule has 24 heavy (non-hydrogen) atoms. The number of carbonyl (C=O) groups excluding carboxylic acids is 1. The Bertz CT molecular complexity index is 694. The first-order valence-electron chi connectivity index (χ1n) is 7.43. The first-order chi connectivity index (χ1) is 11.6. The fourth-order valence-corrected chi connectivity index (χ4v) is 1.88. The molecule has 0 aliphatic carbocycles. The van der Waals surface area contributed by atoms with Gasteiger partial charge >= 0.3 is 0 Å². The number of ether oxygens (including phenoxy) is 1. The second-order valence-corrected chi connectivity index (χ2v) is 5.06. The van der Waals surface area contributed by atoms with Gasteiger partial charge < -0.3 is 19.4 Å². The van der Waals surface area contributed by atoms with E-state index < -0.39 is 0 Å². The van der Waals surface area contributed by atoms with Crippen LogP contribution in [0.4, 0.5) is 5.69 Å². The van der Waals surface area contributed by atoms with Crippen LogP contribution in [0.3, 0.4) is 0 Å². The molecular formula is C16H20N4O4. The summed E-state index contributed by atoms with van der Waals surface area (Å²) >= 11 is 0. The fraction of sp³-hybridized carbons (Fsp3) is 0.375.